The first-order chi connectivity index (χ1) is 49.7. The van der Waals surface area contributed by atoms with Crippen molar-refractivity contribution in [1.29, 1.82) is 5.41 Å². The molecule has 0 saturated carbocycles. The van der Waals surface area contributed by atoms with Gasteiger partial charge in [0.05, 0.1) is 0 Å². The molecular weight excluding hydrogens is 1340 g/mol. The number of carboxylic acids is 1. The van der Waals surface area contributed by atoms with E-state index < -0.39 is 120 Å². The molecule has 29 heteroatoms. The molecule has 1 saturated heterocycles. The lowest BCUT2D eigenvalue weighted by Crippen LogP contribution is -2.61. The second-order valence-corrected chi connectivity index (χ2v) is 27.5. The van der Waals surface area contributed by atoms with E-state index in [1.165, 1.54) is 16.7 Å². The zero-order chi connectivity index (χ0) is 74.4. The van der Waals surface area contributed by atoms with Crippen molar-refractivity contribution in [2.24, 2.45) is 28.9 Å². The van der Waals surface area contributed by atoms with Crippen LogP contribution in [0.5, 0.6) is 0 Å². The molecule has 4 aromatic carbocycles. The minimum atomic E-state index is -1.38. The van der Waals surface area contributed by atoms with E-state index in [2.05, 4.69) is 52.8 Å². The zero-order valence-electron chi connectivity index (χ0n) is 59.1. The molecule has 1 fully saturated rings. The summed E-state index contributed by atoms with van der Waals surface area (Å²) in [6.45, 7) is 4.46. The van der Waals surface area contributed by atoms with Gasteiger partial charge in [-0.3, -0.25) is 43.8 Å². The standard InChI is InChI=1S/C74H104N16O12S/c1-45(2)63(71(98)90-39-20-33-62(90)72(99)100)89-68(95)57(31-15-18-37-77)84-64(91)55(29-13-16-35-75)82-66(93)58(32-19-38-80-73(78)79)85-65(92)56(30-14-17-36-76)83-67(94)59(34-40-103-3)86-70(97)61(42-47-43-81-54-28-12-11-23-48(47)54)87-69(96)60(41-46-21-5-4-6-22-46)88-74(101)102-44-53-51-26-9-7-24-49(51)50-25-8-10-27-52(50)53/h4-12,21-28,43,45,53,55-63,81H,13-20,29-42,44,75-77H2,1-3H3,(H,82,93)(H,83,94)(H,84,91)(H,85,92)(H,86,97)(H,87,96)(H,88,101)(H,89,95)(H,99,100)(H4,78,79,80)/t55-,56-,57-,58-,59-,60-,61-,62-,63-/m0/s1. The number of guanidine groups is 1. The number of ether oxygens (including phenoxy) is 1. The number of carboxylic acid groups (broad SMARTS) is 1. The van der Waals surface area contributed by atoms with Crippen LogP contribution in [0.15, 0.2) is 109 Å². The fraction of sp³-hybridized carbons (Fsp3) is 0.500. The Kier molecular flexibility index (Phi) is 32.5. The van der Waals surface area contributed by atoms with Crippen LogP contribution in [0.1, 0.15) is 132 Å². The van der Waals surface area contributed by atoms with Gasteiger partial charge >= 0.3 is 12.1 Å². The lowest BCUT2D eigenvalue weighted by Gasteiger charge is -2.31. The van der Waals surface area contributed by atoms with E-state index >= 15 is 4.79 Å². The number of thioether (sulfide) groups is 1. The molecule has 0 radical (unpaired) electrons. The zero-order valence-corrected chi connectivity index (χ0v) is 59.9. The van der Waals surface area contributed by atoms with E-state index in [1.807, 2.05) is 97.3 Å². The van der Waals surface area contributed by atoms with Gasteiger partial charge in [0, 0.05) is 48.9 Å². The van der Waals surface area contributed by atoms with Crippen LogP contribution >= 0.6 is 11.8 Å². The number of unbranched alkanes of at least 4 members (excludes halogenated alkanes) is 3. The first kappa shape index (κ1) is 80.7. The van der Waals surface area contributed by atoms with Crippen LogP contribution in [-0.2, 0) is 60.7 Å². The number of aromatic amines is 1. The van der Waals surface area contributed by atoms with Crippen LogP contribution in [0.4, 0.5) is 4.79 Å². The minimum absolute atomic E-state index is 0.00778. The summed E-state index contributed by atoms with van der Waals surface area (Å²) in [7, 11) is 0. The molecule has 2 heterocycles. The molecule has 558 valence electrons. The van der Waals surface area contributed by atoms with Crippen molar-refractivity contribution in [2.75, 3.05) is 51.3 Å². The fourth-order valence-corrected chi connectivity index (χ4v) is 13.5. The maximum atomic E-state index is 15.1. The molecular formula is C74H104N16O12S. The lowest BCUT2D eigenvalue weighted by molar-refractivity contribution is -0.150. The number of hydrogen-bond acceptors (Lipinski definition) is 16. The fourth-order valence-electron chi connectivity index (χ4n) is 13.0. The molecule has 1 aromatic heterocycles. The van der Waals surface area contributed by atoms with Crippen LogP contribution in [0, 0.1) is 11.3 Å². The van der Waals surface area contributed by atoms with Crippen molar-refractivity contribution in [3.63, 3.8) is 0 Å². The molecule has 0 bridgehead atoms. The van der Waals surface area contributed by atoms with Crippen LogP contribution in [-0.4, -0.2) is 186 Å². The molecule has 7 rings (SSSR count). The largest absolute Gasteiger partial charge is 0.480 e. The number of benzene rings is 4. The molecule has 0 spiro atoms. The number of aromatic nitrogens is 1. The second kappa shape index (κ2) is 41.5. The summed E-state index contributed by atoms with van der Waals surface area (Å²) >= 11 is 1.40. The predicted molar refractivity (Wildman–Crippen MR) is 396 cm³/mol. The van der Waals surface area contributed by atoms with Gasteiger partial charge in [0.2, 0.25) is 47.3 Å². The summed E-state index contributed by atoms with van der Waals surface area (Å²) < 4.78 is 5.93. The van der Waals surface area contributed by atoms with Gasteiger partial charge in [0.25, 0.3) is 0 Å². The number of aliphatic carboxylic acids is 1. The Morgan fingerprint density at radius 3 is 1.53 bits per heavy atom. The summed E-state index contributed by atoms with van der Waals surface area (Å²) in [5.74, 6) is -7.77. The number of alkyl carbamates (subject to hydrolysis) is 1. The van der Waals surface area contributed by atoms with Crippen LogP contribution < -0.4 is 70.8 Å². The number of nitrogens with zero attached hydrogens (tertiary/aromatic N) is 1. The van der Waals surface area contributed by atoms with Gasteiger partial charge in [-0.2, -0.15) is 11.8 Å². The van der Waals surface area contributed by atoms with E-state index in [-0.39, 0.29) is 109 Å². The number of fused-ring (bicyclic) bond motifs is 4. The molecule has 9 atom stereocenters. The molecule has 9 amide bonds. The quantitative estimate of drug-likeness (QED) is 0.0151. The number of amides is 9. The highest BCUT2D eigenvalue weighted by atomic mass is 32.2. The van der Waals surface area contributed by atoms with Gasteiger partial charge in [0.15, 0.2) is 5.96 Å². The molecule has 103 heavy (non-hydrogen) atoms. The third-order valence-corrected chi connectivity index (χ3v) is 19.3. The topological polar surface area (TPSA) is 455 Å². The van der Waals surface area contributed by atoms with Gasteiger partial charge in [-0.25, -0.2) is 9.59 Å². The summed E-state index contributed by atoms with van der Waals surface area (Å²) in [4.78, 5) is 148. The van der Waals surface area contributed by atoms with Crippen molar-refractivity contribution in [3.05, 3.63) is 132 Å². The normalized spacial score (nSPS) is 15.5. The Hall–Kier alpha value is -9.58. The second-order valence-electron chi connectivity index (χ2n) is 26.5. The van der Waals surface area contributed by atoms with Crippen LogP contribution in [0.25, 0.3) is 22.0 Å². The number of hydrogen-bond donors (Lipinski definition) is 16. The van der Waals surface area contributed by atoms with E-state index in [1.54, 1.807) is 32.2 Å². The summed E-state index contributed by atoms with van der Waals surface area (Å²) in [5, 5.41) is 43.7. The number of carbonyl (C=O) groups excluding carboxylic acids is 9. The Balaban J connectivity index is 1.11. The first-order valence-corrected chi connectivity index (χ1v) is 37.1. The Morgan fingerprint density at radius 1 is 0.573 bits per heavy atom. The first-order valence-electron chi connectivity index (χ1n) is 35.7. The molecule has 5 aromatic rings. The average molecular weight is 1440 g/mol. The highest BCUT2D eigenvalue weighted by molar-refractivity contribution is 7.98. The van der Waals surface area contributed by atoms with E-state index in [4.69, 9.17) is 33.1 Å². The summed E-state index contributed by atoms with van der Waals surface area (Å²) in [6.07, 6.45) is 6.08. The summed E-state index contributed by atoms with van der Waals surface area (Å²) in [5.41, 5.74) is 29.5. The monoisotopic (exact) mass is 1440 g/mol. The highest BCUT2D eigenvalue weighted by Crippen LogP contribution is 2.44. The minimum Gasteiger partial charge on any atom is -0.480 e. The molecule has 1 aliphatic heterocycles. The SMILES string of the molecule is CSCC[C@H](NC(=O)[C@H](Cc1c[nH]c2ccccc12)NC(=O)[C@H](Cc1ccccc1)NC(=O)OCC1c2ccccc2-c2ccccc21)C(=O)N[C@@H](CCCCN)C(=O)N[C@@H](CCCNC(=N)N)C(=O)N[C@@H](CCCCN)C(=O)N[C@@H](CCCCN)C(=O)N[C@H](C(=O)N1CCC[C@H]1C(=O)O)C(C)C. The average Bonchev–Trinajstić information content (AvgIpc) is 1.62. The predicted octanol–water partition coefficient (Wildman–Crippen LogP) is 3.39. The Bertz CT molecular complexity index is 3630. The van der Waals surface area contributed by atoms with Gasteiger partial charge in [0.1, 0.15) is 61.0 Å². The lowest BCUT2D eigenvalue weighted by atomic mass is 9.98. The van der Waals surface area contributed by atoms with Crippen LogP contribution in [0.2, 0.25) is 0 Å². The van der Waals surface area contributed by atoms with Gasteiger partial charge in [-0.15, -0.1) is 0 Å². The summed E-state index contributed by atoms with van der Waals surface area (Å²) in [6, 6.07) is 20.9. The number of H-pyrrole nitrogens is 1. The highest BCUT2D eigenvalue weighted by Gasteiger charge is 2.41. The number of nitrogens with two attached hydrogens (primary N) is 4. The third-order valence-electron chi connectivity index (χ3n) is 18.6. The number of para-hydroxylation sites is 1. The number of nitrogens with one attached hydrogen (secondary N) is 11. The molecule has 1 aliphatic carbocycles. The molecule has 0 unspecified atom stereocenters. The number of rotatable bonds is 43. The van der Waals surface area contributed by atoms with Crippen molar-refractivity contribution in [3.8, 4) is 11.1 Å². The van der Waals surface area contributed by atoms with Gasteiger partial charge in [-0.05, 0) is 167 Å². The smallest absolute Gasteiger partial charge is 0.407 e. The third kappa shape index (κ3) is 24.0. The van der Waals surface area contributed by atoms with Gasteiger partial charge in [-0.1, -0.05) is 111 Å². The van der Waals surface area contributed by atoms with Crippen molar-refractivity contribution < 1.29 is 57.8 Å². The molecule has 2 aliphatic rings. The number of carbonyl (C=O) groups is 10. The Morgan fingerprint density at radius 2 is 1.03 bits per heavy atom. The number of likely N-dealkylation sites (tertiary alicyclic amines) is 1. The molecule has 20 N–H and O–H groups in total. The van der Waals surface area contributed by atoms with Crippen LogP contribution in [0.3, 0.4) is 0 Å². The maximum absolute atomic E-state index is 15.1. The molecule has 28 nitrogen and oxygen atoms in total. The van der Waals surface area contributed by atoms with Crippen molar-refractivity contribution in [2.45, 2.75) is 177 Å². The maximum Gasteiger partial charge on any atom is 0.407 e. The van der Waals surface area contributed by atoms with E-state index in [9.17, 15) is 48.3 Å². The van der Waals surface area contributed by atoms with Crippen molar-refractivity contribution >= 4 is 87.9 Å². The van der Waals surface area contributed by atoms with Gasteiger partial charge < -0.3 is 90.5 Å². The van der Waals surface area contributed by atoms with E-state index in [0.29, 0.717) is 61.8 Å². The Labute approximate surface area is 605 Å². The van der Waals surface area contributed by atoms with E-state index in [0.717, 1.165) is 33.2 Å². The van der Waals surface area contributed by atoms with Crippen molar-refractivity contribution in [1.82, 2.24) is 57.7 Å².